The first-order valence-electron chi connectivity index (χ1n) is 6.59. The van der Waals surface area contributed by atoms with E-state index in [1.807, 2.05) is 24.9 Å². The van der Waals surface area contributed by atoms with Gasteiger partial charge in [0.2, 0.25) is 0 Å². The maximum absolute atomic E-state index is 9.04. The van der Waals surface area contributed by atoms with E-state index >= 15 is 0 Å². The number of aliphatic hydroxyl groups excluding tert-OH is 1. The predicted octanol–water partition coefficient (Wildman–Crippen LogP) is 0.751. The van der Waals surface area contributed by atoms with Crippen LogP contribution in [-0.4, -0.2) is 43.7 Å². The van der Waals surface area contributed by atoms with Gasteiger partial charge in [0.15, 0.2) is 5.65 Å². The van der Waals surface area contributed by atoms with Crippen LogP contribution < -0.4 is 4.90 Å². The number of hydrogen-bond donors (Lipinski definition) is 1. The van der Waals surface area contributed by atoms with E-state index in [1.54, 1.807) is 10.9 Å². The summed E-state index contributed by atoms with van der Waals surface area (Å²) in [6.07, 6.45) is 3.21. The van der Waals surface area contributed by atoms with Gasteiger partial charge >= 0.3 is 0 Å². The molecule has 0 unspecified atom stereocenters. The van der Waals surface area contributed by atoms with Crippen LogP contribution in [0, 0.1) is 6.92 Å². The van der Waals surface area contributed by atoms with Gasteiger partial charge in [-0.25, -0.2) is 14.6 Å². The molecule has 110 valence electrons. The van der Waals surface area contributed by atoms with E-state index in [2.05, 4.69) is 20.2 Å². The van der Waals surface area contributed by atoms with Crippen molar-refractivity contribution >= 4 is 16.9 Å². The monoisotopic (exact) mass is 288 g/mol. The summed E-state index contributed by atoms with van der Waals surface area (Å²) in [5.74, 6) is 1.55. The molecule has 0 aliphatic heterocycles. The minimum Gasteiger partial charge on any atom is -0.394 e. The van der Waals surface area contributed by atoms with Gasteiger partial charge in [-0.3, -0.25) is 0 Å². The minimum atomic E-state index is 0.0180. The van der Waals surface area contributed by atoms with Crippen LogP contribution in [0.2, 0.25) is 0 Å². The fourth-order valence-electron chi connectivity index (χ4n) is 2.25. The third-order valence-corrected chi connectivity index (χ3v) is 3.16. The lowest BCUT2D eigenvalue weighted by Crippen LogP contribution is -2.18. The Hall–Kier alpha value is -2.48. The number of hydrogen-bond acceptors (Lipinski definition) is 7. The third-order valence-electron chi connectivity index (χ3n) is 3.16. The molecule has 0 aromatic carbocycles. The minimum absolute atomic E-state index is 0.0180. The van der Waals surface area contributed by atoms with E-state index in [1.165, 1.54) is 6.33 Å². The van der Waals surface area contributed by atoms with Crippen molar-refractivity contribution in [3.8, 4) is 0 Å². The Morgan fingerprint density at radius 2 is 2.24 bits per heavy atom. The van der Waals surface area contributed by atoms with Crippen molar-refractivity contribution in [1.29, 1.82) is 0 Å². The molecular formula is C13H16N6O2. The molecule has 8 nitrogen and oxygen atoms in total. The average molecular weight is 288 g/mol. The Bertz CT molecular complexity index is 750. The van der Waals surface area contributed by atoms with Crippen molar-refractivity contribution in [2.75, 3.05) is 18.6 Å². The van der Waals surface area contributed by atoms with E-state index in [4.69, 9.17) is 9.63 Å². The summed E-state index contributed by atoms with van der Waals surface area (Å²) >= 11 is 0. The van der Waals surface area contributed by atoms with E-state index in [-0.39, 0.29) is 6.61 Å². The Morgan fingerprint density at radius 1 is 1.38 bits per heavy atom. The summed E-state index contributed by atoms with van der Waals surface area (Å²) < 4.78 is 6.73. The number of aryl methyl sites for hydroxylation is 1. The average Bonchev–Trinajstić information content (AvgIpc) is 3.06. The molecule has 0 fully saturated rings. The van der Waals surface area contributed by atoms with Crippen molar-refractivity contribution in [2.45, 2.75) is 20.0 Å². The Morgan fingerprint density at radius 3 is 2.95 bits per heavy atom. The first kappa shape index (κ1) is 13.5. The van der Waals surface area contributed by atoms with Crippen molar-refractivity contribution in [2.24, 2.45) is 0 Å². The van der Waals surface area contributed by atoms with Gasteiger partial charge < -0.3 is 14.5 Å². The topological polar surface area (TPSA) is 93.1 Å². The van der Waals surface area contributed by atoms with E-state index in [9.17, 15) is 0 Å². The summed E-state index contributed by atoms with van der Waals surface area (Å²) in [7, 11) is 1.93. The van der Waals surface area contributed by atoms with Crippen molar-refractivity contribution in [1.82, 2.24) is 24.9 Å². The zero-order valence-electron chi connectivity index (χ0n) is 11.9. The summed E-state index contributed by atoms with van der Waals surface area (Å²) in [6.45, 7) is 2.86. The SMILES string of the molecule is Cc1cc(CN(C)c2ncnc3c2cnn3CCO)no1. The number of anilines is 1. The standard InChI is InChI=1S/C13H16N6O2/c1-9-5-10(17-21-9)7-18(2)12-11-6-16-19(3-4-20)13(11)15-8-14-12/h5-6,8,20H,3-4,7H2,1-2H3. The first-order chi connectivity index (χ1) is 10.2. The molecule has 3 rings (SSSR count). The van der Waals surface area contributed by atoms with E-state index in [0.717, 1.165) is 22.7 Å². The lowest BCUT2D eigenvalue weighted by atomic mass is 10.3. The molecule has 21 heavy (non-hydrogen) atoms. The van der Waals surface area contributed by atoms with Gasteiger partial charge in [0.1, 0.15) is 23.6 Å². The van der Waals surface area contributed by atoms with E-state index < -0.39 is 0 Å². The Kier molecular flexibility index (Phi) is 3.53. The highest BCUT2D eigenvalue weighted by Crippen LogP contribution is 2.22. The molecule has 0 aliphatic rings. The van der Waals surface area contributed by atoms with Gasteiger partial charge in [0, 0.05) is 13.1 Å². The van der Waals surface area contributed by atoms with E-state index in [0.29, 0.717) is 18.7 Å². The summed E-state index contributed by atoms with van der Waals surface area (Å²) in [6, 6.07) is 1.89. The number of aromatic nitrogens is 5. The molecular weight excluding hydrogens is 272 g/mol. The fraction of sp³-hybridized carbons (Fsp3) is 0.385. The zero-order valence-corrected chi connectivity index (χ0v) is 11.9. The van der Waals surface area contributed by atoms with Gasteiger partial charge in [-0.2, -0.15) is 5.10 Å². The molecule has 3 aromatic heterocycles. The Labute approximate surface area is 121 Å². The van der Waals surface area contributed by atoms with Crippen LogP contribution in [0.4, 0.5) is 5.82 Å². The molecule has 0 spiro atoms. The molecule has 0 aliphatic carbocycles. The maximum atomic E-state index is 9.04. The van der Waals surface area contributed by atoms with Crippen LogP contribution in [0.15, 0.2) is 23.1 Å². The van der Waals surface area contributed by atoms with Gasteiger partial charge in [-0.15, -0.1) is 0 Å². The molecule has 3 heterocycles. The molecule has 0 bridgehead atoms. The summed E-state index contributed by atoms with van der Waals surface area (Å²) in [5.41, 5.74) is 1.54. The molecule has 1 N–H and O–H groups in total. The number of rotatable bonds is 5. The second-order valence-electron chi connectivity index (χ2n) is 4.81. The number of nitrogens with zero attached hydrogens (tertiary/aromatic N) is 6. The summed E-state index contributed by atoms with van der Waals surface area (Å²) in [5, 5.41) is 18.1. The van der Waals surface area contributed by atoms with Crippen LogP contribution in [0.3, 0.4) is 0 Å². The van der Waals surface area contributed by atoms with Crippen LogP contribution >= 0.6 is 0 Å². The zero-order chi connectivity index (χ0) is 14.8. The quantitative estimate of drug-likeness (QED) is 0.740. The largest absolute Gasteiger partial charge is 0.394 e. The summed E-state index contributed by atoms with van der Waals surface area (Å²) in [4.78, 5) is 10.5. The Balaban J connectivity index is 1.92. The second-order valence-corrected chi connectivity index (χ2v) is 4.81. The van der Waals surface area contributed by atoms with Crippen molar-refractivity contribution in [3.63, 3.8) is 0 Å². The number of aliphatic hydroxyl groups is 1. The molecule has 0 saturated heterocycles. The lowest BCUT2D eigenvalue weighted by Gasteiger charge is -2.16. The highest BCUT2D eigenvalue weighted by atomic mass is 16.5. The fourth-order valence-corrected chi connectivity index (χ4v) is 2.25. The first-order valence-corrected chi connectivity index (χ1v) is 6.59. The molecule has 0 radical (unpaired) electrons. The maximum Gasteiger partial charge on any atom is 0.163 e. The van der Waals surface area contributed by atoms with Gasteiger partial charge in [-0.05, 0) is 6.92 Å². The normalized spacial score (nSPS) is 11.2. The smallest absolute Gasteiger partial charge is 0.163 e. The molecule has 0 amide bonds. The number of fused-ring (bicyclic) bond motifs is 1. The van der Waals surface area contributed by atoms with Gasteiger partial charge in [0.25, 0.3) is 0 Å². The third kappa shape index (κ3) is 2.57. The molecule has 3 aromatic rings. The van der Waals surface area contributed by atoms with Gasteiger partial charge in [0.05, 0.1) is 31.3 Å². The van der Waals surface area contributed by atoms with Crippen LogP contribution in [0.5, 0.6) is 0 Å². The van der Waals surface area contributed by atoms with Crippen molar-refractivity contribution < 1.29 is 9.63 Å². The highest BCUT2D eigenvalue weighted by molar-refractivity contribution is 5.86. The predicted molar refractivity (Wildman–Crippen MR) is 75.8 cm³/mol. The highest BCUT2D eigenvalue weighted by Gasteiger charge is 2.14. The van der Waals surface area contributed by atoms with Crippen molar-refractivity contribution in [3.05, 3.63) is 30.0 Å². The lowest BCUT2D eigenvalue weighted by molar-refractivity contribution is 0.271. The molecule has 0 saturated carbocycles. The van der Waals surface area contributed by atoms with Gasteiger partial charge in [-0.1, -0.05) is 5.16 Å². The van der Waals surface area contributed by atoms with Crippen LogP contribution in [0.25, 0.3) is 11.0 Å². The molecule has 0 atom stereocenters. The second kappa shape index (κ2) is 5.49. The molecule has 8 heteroatoms. The van der Waals surface area contributed by atoms with Crippen LogP contribution in [-0.2, 0) is 13.1 Å². The van der Waals surface area contributed by atoms with Crippen LogP contribution in [0.1, 0.15) is 11.5 Å².